The van der Waals surface area contributed by atoms with Crippen LogP contribution >= 0.6 is 0 Å². The number of imidazole rings is 1. The number of hydrogen-bond donors (Lipinski definition) is 1. The molecule has 44 heavy (non-hydrogen) atoms. The lowest BCUT2D eigenvalue weighted by Crippen LogP contribution is -2.57. The van der Waals surface area contributed by atoms with E-state index in [0.29, 0.717) is 41.6 Å². The predicted octanol–water partition coefficient (Wildman–Crippen LogP) is 3.29. The van der Waals surface area contributed by atoms with Gasteiger partial charge in [0.05, 0.1) is 31.0 Å². The smallest absolute Gasteiger partial charge is 0.335 e. The van der Waals surface area contributed by atoms with E-state index >= 15 is 0 Å². The standard InChI is InChI=1S/C32H34N8O4/c1-4-38(24-18-43-19-24)32(2,3)14-21(15-33)30(41)37-16-23(17-37)40-29-27(28(34)35-20-36-29)39(31(40)42)22-10-12-26(13-11-22)44-25-8-6-5-7-9-25/h5-14,20,23-24H,4,16-19H2,1-3H3,(H2,34,35,36)/b21-14-. The monoisotopic (exact) mass is 594 g/mol. The lowest BCUT2D eigenvalue weighted by atomic mass is 9.95. The first-order valence-corrected chi connectivity index (χ1v) is 14.5. The zero-order valence-corrected chi connectivity index (χ0v) is 24.9. The molecule has 4 heterocycles. The molecule has 0 aliphatic carbocycles. The van der Waals surface area contributed by atoms with Crippen LogP contribution in [0.2, 0.25) is 0 Å². The number of likely N-dealkylation sites (tertiary alicyclic amines) is 1. The van der Waals surface area contributed by atoms with E-state index in [4.69, 9.17) is 15.2 Å². The van der Waals surface area contributed by atoms with Gasteiger partial charge < -0.3 is 20.1 Å². The summed E-state index contributed by atoms with van der Waals surface area (Å²) in [6, 6.07) is 18.5. The number of hydrogen-bond acceptors (Lipinski definition) is 9. The van der Waals surface area contributed by atoms with Gasteiger partial charge in [-0.15, -0.1) is 0 Å². The summed E-state index contributed by atoms with van der Waals surface area (Å²) >= 11 is 0. The van der Waals surface area contributed by atoms with Crippen molar-refractivity contribution in [2.45, 2.75) is 38.4 Å². The lowest BCUT2D eigenvalue weighted by molar-refractivity contribution is -0.132. The van der Waals surface area contributed by atoms with Crippen LogP contribution in [0.4, 0.5) is 5.82 Å². The number of aromatic nitrogens is 4. The molecule has 2 saturated heterocycles. The number of nitrogens with two attached hydrogens (primary N) is 1. The first-order chi connectivity index (χ1) is 21.2. The van der Waals surface area contributed by atoms with Crippen molar-refractivity contribution in [3.8, 4) is 23.3 Å². The maximum Gasteiger partial charge on any atom is 0.335 e. The number of rotatable bonds is 9. The van der Waals surface area contributed by atoms with E-state index in [1.165, 1.54) is 10.9 Å². The van der Waals surface area contributed by atoms with Crippen LogP contribution in [0.3, 0.4) is 0 Å². The largest absolute Gasteiger partial charge is 0.457 e. The molecule has 6 rings (SSSR count). The Morgan fingerprint density at radius 3 is 2.43 bits per heavy atom. The number of benzene rings is 2. The van der Waals surface area contributed by atoms with Crippen LogP contribution < -0.4 is 16.2 Å². The number of carbonyl (C=O) groups is 1. The van der Waals surface area contributed by atoms with Crippen LogP contribution in [0.15, 0.2) is 77.4 Å². The third kappa shape index (κ3) is 5.21. The first kappa shape index (κ1) is 29.1. The summed E-state index contributed by atoms with van der Waals surface area (Å²) in [6.45, 7) is 8.58. The summed E-state index contributed by atoms with van der Waals surface area (Å²) in [6.07, 6.45) is 3.06. The molecule has 12 nitrogen and oxygen atoms in total. The molecule has 1 amide bonds. The Morgan fingerprint density at radius 1 is 1.14 bits per heavy atom. The van der Waals surface area contributed by atoms with Gasteiger partial charge in [-0.1, -0.05) is 25.1 Å². The Hall–Kier alpha value is -4.99. The zero-order chi connectivity index (χ0) is 31.0. The SMILES string of the molecule is CCN(C1COC1)C(C)(C)/C=C(/C#N)C(=O)N1CC(n2c(=O)n(-c3ccc(Oc4ccccc4)cc3)c3c(N)ncnc32)C1. The van der Waals surface area contributed by atoms with E-state index in [1.54, 1.807) is 39.8 Å². The van der Waals surface area contributed by atoms with Crippen molar-refractivity contribution in [1.29, 1.82) is 5.26 Å². The quantitative estimate of drug-likeness (QED) is 0.228. The fraction of sp³-hybridized carbons (Fsp3) is 0.344. The minimum Gasteiger partial charge on any atom is -0.457 e. The minimum absolute atomic E-state index is 0.0753. The molecule has 0 spiro atoms. The second-order valence-electron chi connectivity index (χ2n) is 11.5. The van der Waals surface area contributed by atoms with Crippen molar-refractivity contribution in [3.63, 3.8) is 0 Å². The van der Waals surface area contributed by atoms with Crippen LogP contribution in [-0.2, 0) is 9.53 Å². The van der Waals surface area contributed by atoms with Crippen molar-refractivity contribution in [3.05, 3.63) is 83.1 Å². The number of fused-ring (bicyclic) bond motifs is 1. The Bertz CT molecular complexity index is 1810. The van der Waals surface area contributed by atoms with Gasteiger partial charge in [0.1, 0.15) is 35.0 Å². The lowest BCUT2D eigenvalue weighted by Gasteiger charge is -2.45. The predicted molar refractivity (Wildman–Crippen MR) is 164 cm³/mol. The Morgan fingerprint density at radius 2 is 1.82 bits per heavy atom. The molecule has 2 aliphatic rings. The van der Waals surface area contributed by atoms with Crippen LogP contribution in [0.1, 0.15) is 26.8 Å². The molecule has 2 aromatic heterocycles. The average molecular weight is 595 g/mol. The number of nitriles is 1. The van der Waals surface area contributed by atoms with Gasteiger partial charge in [0.2, 0.25) is 0 Å². The topological polar surface area (TPSA) is 145 Å². The van der Waals surface area contributed by atoms with Gasteiger partial charge in [0.15, 0.2) is 11.5 Å². The molecule has 226 valence electrons. The molecule has 4 aromatic rings. The Balaban J connectivity index is 1.25. The van der Waals surface area contributed by atoms with Crippen molar-refractivity contribution in [2.75, 3.05) is 38.6 Å². The second-order valence-corrected chi connectivity index (χ2v) is 11.5. The fourth-order valence-electron chi connectivity index (χ4n) is 6.00. The summed E-state index contributed by atoms with van der Waals surface area (Å²) < 4.78 is 14.3. The zero-order valence-electron chi connectivity index (χ0n) is 24.9. The summed E-state index contributed by atoms with van der Waals surface area (Å²) in [5, 5.41) is 9.92. The highest BCUT2D eigenvalue weighted by atomic mass is 16.5. The van der Waals surface area contributed by atoms with Gasteiger partial charge >= 0.3 is 5.69 Å². The van der Waals surface area contributed by atoms with E-state index in [1.807, 2.05) is 44.2 Å². The van der Waals surface area contributed by atoms with Crippen molar-refractivity contribution in [1.82, 2.24) is 28.9 Å². The van der Waals surface area contributed by atoms with E-state index in [-0.39, 0.29) is 48.2 Å². The third-order valence-corrected chi connectivity index (χ3v) is 8.26. The molecule has 0 bridgehead atoms. The molecule has 2 fully saturated rings. The molecule has 2 aliphatic heterocycles. The molecule has 0 radical (unpaired) electrons. The van der Waals surface area contributed by atoms with Crippen molar-refractivity contribution >= 4 is 22.9 Å². The van der Waals surface area contributed by atoms with Gasteiger partial charge in [0, 0.05) is 18.6 Å². The van der Waals surface area contributed by atoms with Crippen LogP contribution in [0.25, 0.3) is 16.9 Å². The molecule has 0 saturated carbocycles. The third-order valence-electron chi connectivity index (χ3n) is 8.26. The number of para-hydroxylation sites is 1. The average Bonchev–Trinajstić information content (AvgIpc) is 3.26. The maximum atomic E-state index is 13.9. The fourth-order valence-corrected chi connectivity index (χ4v) is 6.00. The van der Waals surface area contributed by atoms with E-state index < -0.39 is 5.54 Å². The number of carbonyl (C=O) groups excluding carboxylic acids is 1. The molecule has 2 N–H and O–H groups in total. The number of ether oxygens (including phenoxy) is 2. The van der Waals surface area contributed by atoms with Crippen LogP contribution in [0, 0.1) is 11.3 Å². The summed E-state index contributed by atoms with van der Waals surface area (Å²) in [7, 11) is 0. The van der Waals surface area contributed by atoms with E-state index in [2.05, 4.69) is 27.9 Å². The molecule has 2 aromatic carbocycles. The number of likely N-dealkylation sites (N-methyl/N-ethyl adjacent to an activating group) is 1. The van der Waals surface area contributed by atoms with Crippen LogP contribution in [-0.4, -0.2) is 79.2 Å². The molecular formula is C32H34N8O4. The second kappa shape index (κ2) is 11.6. The highest BCUT2D eigenvalue weighted by Gasteiger charge is 2.39. The van der Waals surface area contributed by atoms with Crippen molar-refractivity contribution < 1.29 is 14.3 Å². The molecule has 0 atom stereocenters. The maximum absolute atomic E-state index is 13.9. The summed E-state index contributed by atoms with van der Waals surface area (Å²) in [4.78, 5) is 39.6. The van der Waals surface area contributed by atoms with E-state index in [0.717, 1.165) is 6.54 Å². The number of anilines is 1. The summed E-state index contributed by atoms with van der Waals surface area (Å²) in [5.41, 5.74) is 6.81. The molecule has 12 heteroatoms. The van der Waals surface area contributed by atoms with E-state index in [9.17, 15) is 14.9 Å². The Labute approximate surface area is 254 Å². The van der Waals surface area contributed by atoms with Crippen LogP contribution in [0.5, 0.6) is 11.5 Å². The molecule has 0 unspecified atom stereocenters. The summed E-state index contributed by atoms with van der Waals surface area (Å²) in [5.74, 6) is 1.11. The number of nitrogen functional groups attached to an aromatic ring is 1. The number of nitrogens with zero attached hydrogens (tertiary/aromatic N) is 7. The van der Waals surface area contributed by atoms with Gasteiger partial charge in [-0.2, -0.15) is 5.26 Å². The highest BCUT2D eigenvalue weighted by molar-refractivity contribution is 5.98. The highest BCUT2D eigenvalue weighted by Crippen LogP contribution is 2.30. The first-order valence-electron chi connectivity index (χ1n) is 14.5. The van der Waals surface area contributed by atoms with Gasteiger partial charge in [-0.25, -0.2) is 14.8 Å². The van der Waals surface area contributed by atoms with Crippen molar-refractivity contribution in [2.24, 2.45) is 0 Å². The minimum atomic E-state index is -0.519. The van der Waals surface area contributed by atoms with Gasteiger partial charge in [-0.3, -0.25) is 18.8 Å². The van der Waals surface area contributed by atoms with Gasteiger partial charge in [-0.05, 0) is 62.9 Å². The van der Waals surface area contributed by atoms with Gasteiger partial charge in [0.25, 0.3) is 5.91 Å². The Kier molecular flexibility index (Phi) is 7.67. The molecular weight excluding hydrogens is 560 g/mol. The number of amides is 1. The normalized spacial score (nSPS) is 16.1.